The van der Waals surface area contributed by atoms with Gasteiger partial charge >= 0.3 is 6.61 Å². The third-order valence-electron chi connectivity index (χ3n) is 4.70. The van der Waals surface area contributed by atoms with Crippen molar-refractivity contribution in [3.8, 4) is 22.9 Å². The molecular weight excluding hydrogens is 368 g/mol. The van der Waals surface area contributed by atoms with E-state index in [-0.39, 0.29) is 11.6 Å². The van der Waals surface area contributed by atoms with E-state index in [9.17, 15) is 8.78 Å². The third-order valence-corrected chi connectivity index (χ3v) is 4.70. The largest absolute Gasteiger partial charge is 0.478 e. The number of rotatable bonds is 5. The highest BCUT2D eigenvalue weighted by Crippen LogP contribution is 2.34. The molecule has 4 heterocycles. The van der Waals surface area contributed by atoms with Crippen LogP contribution in [0.3, 0.4) is 0 Å². The van der Waals surface area contributed by atoms with Crippen LogP contribution in [0.15, 0.2) is 30.7 Å². The van der Waals surface area contributed by atoms with Crippen molar-refractivity contribution >= 4 is 5.69 Å². The van der Waals surface area contributed by atoms with Crippen LogP contribution in [0.5, 0.6) is 11.6 Å². The van der Waals surface area contributed by atoms with Crippen LogP contribution in [0.2, 0.25) is 0 Å². The molecule has 1 aliphatic rings. The van der Waals surface area contributed by atoms with E-state index in [0.29, 0.717) is 17.8 Å². The lowest BCUT2D eigenvalue weighted by Crippen LogP contribution is -2.13. The number of aryl methyl sites for hydroxylation is 2. The summed E-state index contributed by atoms with van der Waals surface area (Å²) >= 11 is 0. The van der Waals surface area contributed by atoms with E-state index in [0.717, 1.165) is 29.1 Å². The molecule has 0 fully saturated rings. The van der Waals surface area contributed by atoms with Crippen molar-refractivity contribution in [2.75, 3.05) is 12.0 Å². The summed E-state index contributed by atoms with van der Waals surface area (Å²) in [5.41, 5.74) is 5.46. The molecule has 0 atom stereocenters. The Balaban J connectivity index is 1.67. The summed E-state index contributed by atoms with van der Waals surface area (Å²) in [7, 11) is 3.23. The first kappa shape index (κ1) is 18.1. The van der Waals surface area contributed by atoms with Crippen LogP contribution < -0.4 is 14.4 Å². The Morgan fingerprint density at radius 3 is 2.68 bits per heavy atom. The minimum Gasteiger partial charge on any atom is -0.478 e. The quantitative estimate of drug-likeness (QED) is 0.669. The van der Waals surface area contributed by atoms with E-state index >= 15 is 0 Å². The lowest BCUT2D eigenvalue weighted by atomic mass is 10.1. The molecule has 7 nitrogen and oxygen atoms in total. The van der Waals surface area contributed by atoms with Gasteiger partial charge in [0.2, 0.25) is 0 Å². The fraction of sp³-hybridized carbons (Fsp3) is 0.316. The highest BCUT2D eigenvalue weighted by Gasteiger charge is 2.24. The van der Waals surface area contributed by atoms with Gasteiger partial charge in [-0.05, 0) is 30.2 Å². The van der Waals surface area contributed by atoms with Gasteiger partial charge in [-0.15, -0.1) is 0 Å². The molecule has 0 saturated heterocycles. The van der Waals surface area contributed by atoms with Crippen LogP contribution in [0, 0.1) is 6.92 Å². The van der Waals surface area contributed by atoms with Crippen LogP contribution in [-0.2, 0) is 20.1 Å². The van der Waals surface area contributed by atoms with E-state index in [1.54, 1.807) is 10.9 Å². The molecule has 0 N–H and O–H groups in total. The van der Waals surface area contributed by atoms with Crippen LogP contribution >= 0.6 is 0 Å². The van der Waals surface area contributed by atoms with Crippen molar-refractivity contribution in [2.45, 2.75) is 26.6 Å². The molecule has 0 unspecified atom stereocenters. The van der Waals surface area contributed by atoms with Gasteiger partial charge in [-0.3, -0.25) is 9.67 Å². The Morgan fingerprint density at radius 2 is 2.00 bits per heavy atom. The average molecular weight is 387 g/mol. The predicted octanol–water partition coefficient (Wildman–Crippen LogP) is 3.32. The summed E-state index contributed by atoms with van der Waals surface area (Å²) in [4.78, 5) is 11.0. The van der Waals surface area contributed by atoms with E-state index in [2.05, 4.69) is 19.7 Å². The van der Waals surface area contributed by atoms with Gasteiger partial charge in [0.05, 0.1) is 36.9 Å². The lowest BCUT2D eigenvalue weighted by Gasteiger charge is -2.13. The first-order valence-electron chi connectivity index (χ1n) is 8.67. The number of nitrogens with zero attached hydrogens (tertiary/aromatic N) is 5. The Hall–Kier alpha value is -3.23. The number of ether oxygens (including phenoxy) is 2. The standard InChI is InChI=1S/C19H19F2N5O2/c1-11-4-15(12-5-17(28-19(20)21)18(27-3)22-6-12)24-16-10-26(9-14(11)16)13-7-23-25(2)8-13/h4-8,19H,9-10H2,1-3H3. The van der Waals surface area contributed by atoms with Gasteiger partial charge in [0.1, 0.15) is 0 Å². The van der Waals surface area contributed by atoms with Gasteiger partial charge in [0, 0.05) is 31.5 Å². The van der Waals surface area contributed by atoms with Crippen LogP contribution in [0.1, 0.15) is 16.8 Å². The lowest BCUT2D eigenvalue weighted by molar-refractivity contribution is -0.0515. The van der Waals surface area contributed by atoms with Gasteiger partial charge in [0.15, 0.2) is 5.75 Å². The smallest absolute Gasteiger partial charge is 0.387 e. The highest BCUT2D eigenvalue weighted by molar-refractivity contribution is 5.64. The molecule has 1 aliphatic heterocycles. The minimum atomic E-state index is -2.96. The zero-order valence-corrected chi connectivity index (χ0v) is 15.7. The molecule has 146 valence electrons. The number of halogens is 2. The zero-order chi connectivity index (χ0) is 19.8. The Kier molecular flexibility index (Phi) is 4.58. The summed E-state index contributed by atoms with van der Waals surface area (Å²) in [5.74, 6) is -0.114. The molecular formula is C19H19F2N5O2. The number of fused-ring (bicyclic) bond motifs is 1. The number of pyridine rings is 2. The van der Waals surface area contributed by atoms with Gasteiger partial charge in [-0.2, -0.15) is 13.9 Å². The summed E-state index contributed by atoms with van der Waals surface area (Å²) in [6.45, 7) is 0.457. The van der Waals surface area contributed by atoms with Gasteiger partial charge in [-0.1, -0.05) is 0 Å². The summed E-state index contributed by atoms with van der Waals surface area (Å²) in [6.07, 6.45) is 5.33. The number of anilines is 1. The molecule has 0 aromatic carbocycles. The fourth-order valence-corrected chi connectivity index (χ4v) is 3.35. The highest BCUT2D eigenvalue weighted by atomic mass is 19.3. The van der Waals surface area contributed by atoms with E-state index < -0.39 is 6.61 Å². The molecule has 28 heavy (non-hydrogen) atoms. The molecule has 3 aromatic heterocycles. The number of hydrogen-bond donors (Lipinski definition) is 0. The monoisotopic (exact) mass is 387 g/mol. The predicted molar refractivity (Wildman–Crippen MR) is 98.5 cm³/mol. The van der Waals surface area contributed by atoms with E-state index in [4.69, 9.17) is 9.72 Å². The maximum atomic E-state index is 12.7. The number of alkyl halides is 2. The van der Waals surface area contributed by atoms with Crippen molar-refractivity contribution in [3.63, 3.8) is 0 Å². The van der Waals surface area contributed by atoms with Gasteiger partial charge < -0.3 is 14.4 Å². The van der Waals surface area contributed by atoms with E-state index in [1.807, 2.05) is 32.4 Å². The Labute approximate surface area is 160 Å². The second-order valence-electron chi connectivity index (χ2n) is 6.59. The summed E-state index contributed by atoms with van der Waals surface area (Å²) in [6, 6.07) is 3.40. The molecule has 0 saturated carbocycles. The summed E-state index contributed by atoms with van der Waals surface area (Å²) in [5, 5.41) is 4.22. The minimum absolute atomic E-state index is 0.00434. The van der Waals surface area contributed by atoms with Crippen molar-refractivity contribution in [3.05, 3.63) is 47.5 Å². The molecule has 9 heteroatoms. The third kappa shape index (κ3) is 3.35. The van der Waals surface area contributed by atoms with Crippen molar-refractivity contribution in [1.29, 1.82) is 0 Å². The molecule has 0 aliphatic carbocycles. The molecule has 3 aromatic rings. The maximum Gasteiger partial charge on any atom is 0.387 e. The molecule has 0 radical (unpaired) electrons. The van der Waals surface area contributed by atoms with Gasteiger partial charge in [0.25, 0.3) is 5.88 Å². The first-order valence-corrected chi connectivity index (χ1v) is 8.67. The summed E-state index contributed by atoms with van der Waals surface area (Å²) < 4.78 is 36.7. The Morgan fingerprint density at radius 1 is 1.18 bits per heavy atom. The normalized spacial score (nSPS) is 13.1. The zero-order valence-electron chi connectivity index (χ0n) is 15.7. The second-order valence-corrected chi connectivity index (χ2v) is 6.59. The van der Waals surface area contributed by atoms with Crippen molar-refractivity contribution in [2.24, 2.45) is 7.05 Å². The number of methoxy groups -OCH3 is 1. The Bertz CT molecular complexity index is 1020. The maximum absolute atomic E-state index is 12.7. The van der Waals surface area contributed by atoms with Gasteiger partial charge in [-0.25, -0.2) is 4.98 Å². The van der Waals surface area contributed by atoms with Crippen molar-refractivity contribution < 1.29 is 18.3 Å². The van der Waals surface area contributed by atoms with Crippen LogP contribution in [0.25, 0.3) is 11.3 Å². The number of aromatic nitrogens is 4. The van der Waals surface area contributed by atoms with Crippen LogP contribution in [0.4, 0.5) is 14.5 Å². The molecule has 4 rings (SSSR count). The van der Waals surface area contributed by atoms with E-state index in [1.165, 1.54) is 13.2 Å². The number of hydrogen-bond acceptors (Lipinski definition) is 6. The second kappa shape index (κ2) is 7.06. The average Bonchev–Trinajstić information content (AvgIpc) is 3.27. The van der Waals surface area contributed by atoms with Crippen molar-refractivity contribution in [1.82, 2.24) is 19.7 Å². The fourth-order valence-electron chi connectivity index (χ4n) is 3.35. The topological polar surface area (TPSA) is 65.3 Å². The molecule has 0 amide bonds. The first-order chi connectivity index (χ1) is 13.4. The SMILES string of the molecule is COc1ncc(-c2cc(C)c3c(n2)CN(c2cnn(C)c2)C3)cc1OC(F)F. The molecule has 0 spiro atoms. The van der Waals surface area contributed by atoms with Crippen LogP contribution in [-0.4, -0.2) is 33.5 Å². The molecule has 0 bridgehead atoms.